The van der Waals surface area contributed by atoms with E-state index in [-0.39, 0.29) is 0 Å². The van der Waals surface area contributed by atoms with Crippen LogP contribution in [0.4, 0.5) is 0 Å². The Hall–Kier alpha value is -0.0400. The fraction of sp³-hybridized carbons (Fsp3) is 1.00. The Kier molecular flexibility index (Phi) is 3.77. The molecule has 0 amide bonds. The molecule has 0 aliphatic carbocycles. The minimum absolute atomic E-state index is 0.319. The molecule has 0 unspecified atom stereocenters. The zero-order valence-electron chi connectivity index (χ0n) is 9.86. The SMILES string of the molecule is CCC(C)(C)N(C)C(C)(C)CC. The van der Waals surface area contributed by atoms with Gasteiger partial charge in [-0.2, -0.15) is 0 Å². The minimum Gasteiger partial charge on any atom is -0.296 e. The molecule has 0 spiro atoms. The second kappa shape index (κ2) is 3.78. The molecule has 0 aliphatic rings. The van der Waals surface area contributed by atoms with E-state index in [1.165, 1.54) is 12.8 Å². The maximum atomic E-state index is 2.49. The van der Waals surface area contributed by atoms with Gasteiger partial charge in [-0.25, -0.2) is 0 Å². The van der Waals surface area contributed by atoms with Crippen LogP contribution in [0.1, 0.15) is 54.4 Å². The van der Waals surface area contributed by atoms with E-state index in [9.17, 15) is 0 Å². The van der Waals surface area contributed by atoms with Crippen molar-refractivity contribution in [2.75, 3.05) is 7.05 Å². The molecule has 0 N–H and O–H groups in total. The Bertz CT molecular complexity index is 120. The molecule has 0 aromatic carbocycles. The molecular weight excluding hydrogens is 146 g/mol. The third kappa shape index (κ3) is 2.48. The van der Waals surface area contributed by atoms with Crippen molar-refractivity contribution in [3.05, 3.63) is 0 Å². The molecule has 12 heavy (non-hydrogen) atoms. The number of hydrogen-bond acceptors (Lipinski definition) is 1. The van der Waals surface area contributed by atoms with Crippen LogP contribution in [0.2, 0.25) is 0 Å². The lowest BCUT2D eigenvalue weighted by Crippen LogP contribution is -2.52. The molecule has 0 fully saturated rings. The molecule has 0 saturated heterocycles. The van der Waals surface area contributed by atoms with Gasteiger partial charge in [0.2, 0.25) is 0 Å². The highest BCUT2D eigenvalue weighted by atomic mass is 15.2. The van der Waals surface area contributed by atoms with E-state index in [2.05, 4.69) is 53.5 Å². The van der Waals surface area contributed by atoms with Crippen LogP contribution in [-0.4, -0.2) is 23.0 Å². The van der Waals surface area contributed by atoms with Crippen molar-refractivity contribution in [1.82, 2.24) is 4.90 Å². The molecule has 1 heteroatoms. The van der Waals surface area contributed by atoms with Gasteiger partial charge in [0.05, 0.1) is 0 Å². The third-order valence-corrected chi connectivity index (χ3v) is 3.55. The highest BCUT2D eigenvalue weighted by Crippen LogP contribution is 2.27. The highest BCUT2D eigenvalue weighted by Gasteiger charge is 2.31. The molecular formula is C11H25N. The lowest BCUT2D eigenvalue weighted by atomic mass is 9.90. The molecule has 0 rings (SSSR count). The monoisotopic (exact) mass is 171 g/mol. The first-order valence-corrected chi connectivity index (χ1v) is 5.02. The van der Waals surface area contributed by atoms with E-state index in [4.69, 9.17) is 0 Å². The van der Waals surface area contributed by atoms with Gasteiger partial charge in [0.1, 0.15) is 0 Å². The molecule has 0 radical (unpaired) electrons. The van der Waals surface area contributed by atoms with Crippen LogP contribution < -0.4 is 0 Å². The van der Waals surface area contributed by atoms with Crippen molar-refractivity contribution in [3.8, 4) is 0 Å². The van der Waals surface area contributed by atoms with Crippen LogP contribution in [0.25, 0.3) is 0 Å². The van der Waals surface area contributed by atoms with E-state index in [0.717, 1.165) is 0 Å². The summed E-state index contributed by atoms with van der Waals surface area (Å²) in [7, 11) is 2.23. The minimum atomic E-state index is 0.319. The van der Waals surface area contributed by atoms with Gasteiger partial charge >= 0.3 is 0 Å². The van der Waals surface area contributed by atoms with Gasteiger partial charge in [-0.1, -0.05) is 13.8 Å². The number of nitrogens with zero attached hydrogens (tertiary/aromatic N) is 1. The van der Waals surface area contributed by atoms with Crippen molar-refractivity contribution < 1.29 is 0 Å². The fourth-order valence-electron chi connectivity index (χ4n) is 1.29. The van der Waals surface area contributed by atoms with Crippen molar-refractivity contribution in [1.29, 1.82) is 0 Å². The Morgan fingerprint density at radius 2 is 1.08 bits per heavy atom. The summed E-state index contributed by atoms with van der Waals surface area (Å²) in [4.78, 5) is 2.49. The molecule has 74 valence electrons. The first-order valence-electron chi connectivity index (χ1n) is 5.02. The van der Waals surface area contributed by atoms with E-state index in [0.29, 0.717) is 11.1 Å². The van der Waals surface area contributed by atoms with Crippen molar-refractivity contribution >= 4 is 0 Å². The average molecular weight is 171 g/mol. The van der Waals surface area contributed by atoms with E-state index in [1.807, 2.05) is 0 Å². The maximum Gasteiger partial charge on any atom is 0.0152 e. The fourth-order valence-corrected chi connectivity index (χ4v) is 1.29. The lowest BCUT2D eigenvalue weighted by molar-refractivity contribution is 0.0396. The van der Waals surface area contributed by atoms with Crippen molar-refractivity contribution in [2.24, 2.45) is 0 Å². The smallest absolute Gasteiger partial charge is 0.0152 e. The number of hydrogen-bond donors (Lipinski definition) is 0. The maximum absolute atomic E-state index is 2.49. The van der Waals surface area contributed by atoms with Crippen LogP contribution in [0.5, 0.6) is 0 Å². The summed E-state index contributed by atoms with van der Waals surface area (Å²) in [6.45, 7) is 13.7. The van der Waals surface area contributed by atoms with Gasteiger partial charge in [-0.3, -0.25) is 4.90 Å². The largest absolute Gasteiger partial charge is 0.296 e. The van der Waals surface area contributed by atoms with Crippen LogP contribution in [-0.2, 0) is 0 Å². The average Bonchev–Trinajstić information content (AvgIpc) is 2.03. The zero-order valence-corrected chi connectivity index (χ0v) is 9.86. The molecule has 0 atom stereocenters. The van der Waals surface area contributed by atoms with Gasteiger partial charge in [-0.05, 0) is 47.6 Å². The second-order valence-corrected chi connectivity index (χ2v) is 4.89. The molecule has 0 saturated carbocycles. The van der Waals surface area contributed by atoms with Crippen LogP contribution in [0.15, 0.2) is 0 Å². The molecule has 0 bridgehead atoms. The summed E-state index contributed by atoms with van der Waals surface area (Å²) in [6, 6.07) is 0. The van der Waals surface area contributed by atoms with Gasteiger partial charge in [0.15, 0.2) is 0 Å². The first-order chi connectivity index (χ1) is 5.28. The van der Waals surface area contributed by atoms with E-state index < -0.39 is 0 Å². The molecule has 0 heterocycles. The van der Waals surface area contributed by atoms with Crippen LogP contribution >= 0.6 is 0 Å². The zero-order chi connectivity index (χ0) is 9.99. The Labute approximate surface area is 78.1 Å². The summed E-state index contributed by atoms with van der Waals surface area (Å²) < 4.78 is 0. The standard InChI is InChI=1S/C11H25N/c1-8-10(3,4)12(7)11(5,6)9-2/h8-9H2,1-7H3. The normalized spacial score (nSPS) is 14.0. The summed E-state index contributed by atoms with van der Waals surface area (Å²) in [5.41, 5.74) is 0.638. The quantitative estimate of drug-likeness (QED) is 0.627. The van der Waals surface area contributed by atoms with Gasteiger partial charge < -0.3 is 0 Å². The summed E-state index contributed by atoms with van der Waals surface area (Å²) in [5.74, 6) is 0. The molecule has 0 aliphatic heterocycles. The van der Waals surface area contributed by atoms with Crippen molar-refractivity contribution in [3.63, 3.8) is 0 Å². The Morgan fingerprint density at radius 1 is 0.833 bits per heavy atom. The van der Waals surface area contributed by atoms with Crippen molar-refractivity contribution in [2.45, 2.75) is 65.5 Å². The number of rotatable bonds is 4. The third-order valence-electron chi connectivity index (χ3n) is 3.55. The first kappa shape index (κ1) is 12.0. The highest BCUT2D eigenvalue weighted by molar-refractivity contribution is 4.88. The van der Waals surface area contributed by atoms with Gasteiger partial charge in [0, 0.05) is 11.1 Å². The topological polar surface area (TPSA) is 3.24 Å². The molecule has 0 aromatic rings. The van der Waals surface area contributed by atoms with Crippen LogP contribution in [0.3, 0.4) is 0 Å². The second-order valence-electron chi connectivity index (χ2n) is 4.89. The van der Waals surface area contributed by atoms with Gasteiger partial charge in [0.25, 0.3) is 0 Å². The summed E-state index contributed by atoms with van der Waals surface area (Å²) in [5, 5.41) is 0. The Balaban J connectivity index is 4.47. The summed E-state index contributed by atoms with van der Waals surface area (Å²) in [6.07, 6.45) is 2.40. The lowest BCUT2D eigenvalue weighted by Gasteiger charge is -2.46. The summed E-state index contributed by atoms with van der Waals surface area (Å²) >= 11 is 0. The van der Waals surface area contributed by atoms with Crippen LogP contribution in [0, 0.1) is 0 Å². The Morgan fingerprint density at radius 3 is 1.25 bits per heavy atom. The molecule has 0 aromatic heterocycles. The predicted molar refractivity (Wildman–Crippen MR) is 56.5 cm³/mol. The van der Waals surface area contributed by atoms with Gasteiger partial charge in [-0.15, -0.1) is 0 Å². The predicted octanol–water partition coefficient (Wildman–Crippen LogP) is 3.30. The van der Waals surface area contributed by atoms with E-state index >= 15 is 0 Å². The molecule has 1 nitrogen and oxygen atoms in total. The van der Waals surface area contributed by atoms with E-state index in [1.54, 1.807) is 0 Å².